The Morgan fingerprint density at radius 2 is 2.09 bits per heavy atom. The molecule has 0 saturated heterocycles. The SMILES string of the molecule is Cn1ccnc1C(NC(=O)c1cccs1)c1ccc(F)cc1. The lowest BCUT2D eigenvalue weighted by Gasteiger charge is -2.18. The second kappa shape index (κ2) is 6.11. The Morgan fingerprint density at radius 3 is 2.68 bits per heavy atom. The minimum Gasteiger partial charge on any atom is -0.337 e. The van der Waals surface area contributed by atoms with E-state index in [0.29, 0.717) is 10.7 Å². The van der Waals surface area contributed by atoms with Gasteiger partial charge in [0.2, 0.25) is 0 Å². The average molecular weight is 315 g/mol. The van der Waals surface area contributed by atoms with E-state index < -0.39 is 6.04 Å². The fourth-order valence-electron chi connectivity index (χ4n) is 2.22. The topological polar surface area (TPSA) is 46.9 Å². The largest absolute Gasteiger partial charge is 0.337 e. The molecule has 1 N–H and O–H groups in total. The van der Waals surface area contributed by atoms with Crippen molar-refractivity contribution in [1.82, 2.24) is 14.9 Å². The first kappa shape index (κ1) is 14.5. The van der Waals surface area contributed by atoms with Crippen molar-refractivity contribution < 1.29 is 9.18 Å². The summed E-state index contributed by atoms with van der Waals surface area (Å²) in [5, 5.41) is 4.81. The van der Waals surface area contributed by atoms with Crippen LogP contribution < -0.4 is 5.32 Å². The summed E-state index contributed by atoms with van der Waals surface area (Å²) in [5.41, 5.74) is 0.778. The third kappa shape index (κ3) is 2.92. The van der Waals surface area contributed by atoms with Crippen LogP contribution >= 0.6 is 11.3 Å². The number of benzene rings is 1. The van der Waals surface area contributed by atoms with Gasteiger partial charge in [-0.1, -0.05) is 18.2 Å². The number of rotatable bonds is 4. The van der Waals surface area contributed by atoms with Crippen molar-refractivity contribution in [2.24, 2.45) is 7.05 Å². The molecule has 0 radical (unpaired) electrons. The Balaban J connectivity index is 1.95. The van der Waals surface area contributed by atoms with E-state index in [9.17, 15) is 9.18 Å². The summed E-state index contributed by atoms with van der Waals surface area (Å²) in [6.45, 7) is 0. The van der Waals surface area contributed by atoms with Crippen LogP contribution in [0.5, 0.6) is 0 Å². The van der Waals surface area contributed by atoms with Crippen LogP contribution in [0.3, 0.4) is 0 Å². The highest BCUT2D eigenvalue weighted by Crippen LogP contribution is 2.22. The minimum absolute atomic E-state index is 0.174. The highest BCUT2D eigenvalue weighted by molar-refractivity contribution is 7.12. The van der Waals surface area contributed by atoms with E-state index >= 15 is 0 Å². The van der Waals surface area contributed by atoms with Crippen LogP contribution in [0.25, 0.3) is 0 Å². The number of imidazole rings is 1. The number of amides is 1. The summed E-state index contributed by atoms with van der Waals surface area (Å²) >= 11 is 1.37. The van der Waals surface area contributed by atoms with Crippen molar-refractivity contribution in [3.05, 3.63) is 76.3 Å². The van der Waals surface area contributed by atoms with Gasteiger partial charge in [0.15, 0.2) is 0 Å². The van der Waals surface area contributed by atoms with E-state index in [1.54, 1.807) is 24.4 Å². The molecule has 0 aliphatic carbocycles. The summed E-state index contributed by atoms with van der Waals surface area (Å²) < 4.78 is 15.0. The molecule has 4 nitrogen and oxygen atoms in total. The molecule has 0 aliphatic rings. The van der Waals surface area contributed by atoms with Gasteiger partial charge >= 0.3 is 0 Å². The van der Waals surface area contributed by atoms with Gasteiger partial charge in [-0.05, 0) is 29.1 Å². The molecule has 1 amide bonds. The monoisotopic (exact) mass is 315 g/mol. The van der Waals surface area contributed by atoms with E-state index in [2.05, 4.69) is 10.3 Å². The molecular weight excluding hydrogens is 301 g/mol. The van der Waals surface area contributed by atoms with Gasteiger partial charge in [0.05, 0.1) is 4.88 Å². The molecule has 0 aliphatic heterocycles. The number of carbonyl (C=O) groups is 1. The quantitative estimate of drug-likeness (QED) is 0.804. The van der Waals surface area contributed by atoms with Gasteiger partial charge in [-0.15, -0.1) is 11.3 Å². The highest BCUT2D eigenvalue weighted by Gasteiger charge is 2.21. The lowest BCUT2D eigenvalue weighted by molar-refractivity contribution is 0.0945. The zero-order chi connectivity index (χ0) is 15.5. The minimum atomic E-state index is -0.435. The van der Waals surface area contributed by atoms with Gasteiger partial charge in [0, 0.05) is 19.4 Å². The fourth-order valence-corrected chi connectivity index (χ4v) is 2.84. The first-order valence-electron chi connectivity index (χ1n) is 6.72. The number of aryl methyl sites for hydroxylation is 1. The maximum Gasteiger partial charge on any atom is 0.262 e. The Labute approximate surface area is 131 Å². The molecule has 0 saturated carbocycles. The molecule has 112 valence electrons. The van der Waals surface area contributed by atoms with Crippen LogP contribution in [0, 0.1) is 5.82 Å². The number of hydrogen-bond acceptors (Lipinski definition) is 3. The van der Waals surface area contributed by atoms with Crippen LogP contribution in [0.15, 0.2) is 54.2 Å². The number of hydrogen-bond donors (Lipinski definition) is 1. The number of thiophene rings is 1. The predicted molar refractivity (Wildman–Crippen MR) is 83.2 cm³/mol. The summed E-state index contributed by atoms with van der Waals surface area (Å²) in [7, 11) is 1.86. The number of aromatic nitrogens is 2. The zero-order valence-electron chi connectivity index (χ0n) is 11.9. The summed E-state index contributed by atoms with van der Waals surface area (Å²) in [5.74, 6) is 0.204. The van der Waals surface area contributed by atoms with E-state index in [-0.39, 0.29) is 11.7 Å². The second-order valence-electron chi connectivity index (χ2n) is 4.83. The van der Waals surface area contributed by atoms with Crippen LogP contribution in [0.2, 0.25) is 0 Å². The van der Waals surface area contributed by atoms with Crippen LogP contribution in [-0.2, 0) is 7.05 Å². The first-order valence-corrected chi connectivity index (χ1v) is 7.60. The summed E-state index contributed by atoms with van der Waals surface area (Å²) in [6, 6.07) is 9.22. The molecule has 1 atom stereocenters. The zero-order valence-corrected chi connectivity index (χ0v) is 12.7. The maximum absolute atomic E-state index is 13.2. The van der Waals surface area contributed by atoms with Gasteiger partial charge in [-0.25, -0.2) is 9.37 Å². The van der Waals surface area contributed by atoms with Crippen molar-refractivity contribution >= 4 is 17.2 Å². The molecule has 3 rings (SSSR count). The normalized spacial score (nSPS) is 12.1. The summed E-state index contributed by atoms with van der Waals surface area (Å²) in [4.78, 5) is 17.3. The van der Waals surface area contributed by atoms with E-state index in [4.69, 9.17) is 0 Å². The second-order valence-corrected chi connectivity index (χ2v) is 5.78. The van der Waals surface area contributed by atoms with Crippen LogP contribution in [0.4, 0.5) is 4.39 Å². The number of carbonyl (C=O) groups excluding carboxylic acids is 1. The number of halogens is 1. The van der Waals surface area contributed by atoms with Gasteiger partial charge in [0.1, 0.15) is 17.7 Å². The average Bonchev–Trinajstić information content (AvgIpc) is 3.17. The van der Waals surface area contributed by atoms with Crippen LogP contribution in [-0.4, -0.2) is 15.5 Å². The van der Waals surface area contributed by atoms with Crippen molar-refractivity contribution in [2.75, 3.05) is 0 Å². The van der Waals surface area contributed by atoms with Crippen molar-refractivity contribution in [3.8, 4) is 0 Å². The van der Waals surface area contributed by atoms with Gasteiger partial charge in [0.25, 0.3) is 5.91 Å². The predicted octanol–water partition coefficient (Wildman–Crippen LogP) is 3.14. The molecule has 1 unspecified atom stereocenters. The van der Waals surface area contributed by atoms with Gasteiger partial charge < -0.3 is 9.88 Å². The molecule has 6 heteroatoms. The Morgan fingerprint density at radius 1 is 1.32 bits per heavy atom. The van der Waals surface area contributed by atoms with Gasteiger partial charge in [-0.2, -0.15) is 0 Å². The lowest BCUT2D eigenvalue weighted by Crippen LogP contribution is -2.30. The molecule has 0 bridgehead atoms. The lowest BCUT2D eigenvalue weighted by atomic mass is 10.1. The maximum atomic E-state index is 13.2. The third-order valence-corrected chi connectivity index (χ3v) is 4.21. The van der Waals surface area contributed by atoms with Gasteiger partial charge in [-0.3, -0.25) is 4.79 Å². The molecule has 2 aromatic heterocycles. The molecule has 2 heterocycles. The molecular formula is C16H14FN3OS. The molecule has 0 spiro atoms. The van der Waals surface area contributed by atoms with E-state index in [0.717, 1.165) is 5.56 Å². The molecule has 3 aromatic rings. The van der Waals surface area contributed by atoms with Crippen LogP contribution in [0.1, 0.15) is 27.1 Å². The highest BCUT2D eigenvalue weighted by atomic mass is 32.1. The Bertz CT molecular complexity index is 765. The molecule has 22 heavy (non-hydrogen) atoms. The summed E-state index contributed by atoms with van der Waals surface area (Å²) in [6.07, 6.45) is 3.48. The molecule has 0 fully saturated rings. The Kier molecular flexibility index (Phi) is 4.02. The number of nitrogens with zero attached hydrogens (tertiary/aromatic N) is 2. The smallest absolute Gasteiger partial charge is 0.262 e. The fraction of sp³-hybridized carbons (Fsp3) is 0.125. The molecule has 1 aromatic carbocycles. The third-order valence-electron chi connectivity index (χ3n) is 3.34. The van der Waals surface area contributed by atoms with Crippen molar-refractivity contribution in [3.63, 3.8) is 0 Å². The van der Waals surface area contributed by atoms with Crippen molar-refractivity contribution in [1.29, 1.82) is 0 Å². The first-order chi connectivity index (χ1) is 10.6. The van der Waals surface area contributed by atoms with E-state index in [1.807, 2.05) is 29.3 Å². The van der Waals surface area contributed by atoms with Crippen molar-refractivity contribution in [2.45, 2.75) is 6.04 Å². The standard InChI is InChI=1S/C16H14FN3OS/c1-20-9-8-18-15(20)14(11-4-6-12(17)7-5-11)19-16(21)13-3-2-10-22-13/h2-10,14H,1H3,(H,19,21). The number of nitrogens with one attached hydrogen (secondary N) is 1. The van der Waals surface area contributed by atoms with E-state index in [1.165, 1.54) is 23.5 Å². The Hall–Kier alpha value is -2.47.